The topological polar surface area (TPSA) is 72.2 Å². The largest absolute Gasteiger partial charge is 0.298 e. The van der Waals surface area contributed by atoms with Crippen LogP contribution in [0.5, 0.6) is 0 Å². The number of hydrogen-bond acceptors (Lipinski definition) is 5. The highest BCUT2D eigenvalue weighted by Crippen LogP contribution is 2.22. The lowest BCUT2D eigenvalue weighted by atomic mass is 10.2. The number of carbonyl (C=O) groups is 1. The molecule has 0 saturated carbocycles. The molecule has 6 nitrogen and oxygen atoms in total. The molecule has 8 heteroatoms. The molecule has 1 N–H and O–H groups in total. The molecule has 25 heavy (non-hydrogen) atoms. The van der Waals surface area contributed by atoms with Gasteiger partial charge in [0, 0.05) is 22.8 Å². The van der Waals surface area contributed by atoms with E-state index in [1.807, 2.05) is 6.92 Å². The van der Waals surface area contributed by atoms with Crippen LogP contribution in [-0.4, -0.2) is 25.5 Å². The van der Waals surface area contributed by atoms with Crippen LogP contribution in [0.3, 0.4) is 0 Å². The highest BCUT2D eigenvalue weighted by Gasteiger charge is 2.16. The van der Waals surface area contributed by atoms with Crippen molar-refractivity contribution in [1.29, 1.82) is 0 Å². The van der Waals surface area contributed by atoms with Gasteiger partial charge in [0.05, 0.1) is 17.5 Å². The molecule has 0 spiro atoms. The first kappa shape index (κ1) is 15.4. The second-order valence-corrected chi connectivity index (χ2v) is 6.61. The third-order valence-electron chi connectivity index (χ3n) is 3.57. The zero-order chi connectivity index (χ0) is 17.4. The minimum Gasteiger partial charge on any atom is -0.298 e. The number of nitrogens with one attached hydrogen (secondary N) is 1. The molecule has 0 fully saturated rings. The quantitative estimate of drug-likeness (QED) is 0.611. The summed E-state index contributed by atoms with van der Waals surface area (Å²) in [6.45, 7) is 1.91. The number of anilines is 1. The number of nitrogens with zero attached hydrogens (tertiary/aromatic N) is 4. The number of aryl methyl sites for hydroxylation is 1. The van der Waals surface area contributed by atoms with Gasteiger partial charge >= 0.3 is 0 Å². The van der Waals surface area contributed by atoms with Crippen molar-refractivity contribution < 1.29 is 9.18 Å². The van der Waals surface area contributed by atoms with Crippen molar-refractivity contribution in [3.05, 3.63) is 65.2 Å². The van der Waals surface area contributed by atoms with Crippen molar-refractivity contribution in [3.8, 4) is 11.3 Å². The minimum absolute atomic E-state index is 0.321. The van der Waals surface area contributed by atoms with E-state index in [0.717, 1.165) is 4.88 Å². The first-order valence-electron chi connectivity index (χ1n) is 7.44. The fraction of sp³-hybridized carbons (Fsp3) is 0.0588. The molecule has 4 aromatic rings. The number of amides is 1. The van der Waals surface area contributed by atoms with Gasteiger partial charge in [-0.05, 0) is 25.1 Å². The van der Waals surface area contributed by atoms with Gasteiger partial charge in [0.1, 0.15) is 5.82 Å². The van der Waals surface area contributed by atoms with Crippen molar-refractivity contribution >= 4 is 28.0 Å². The Hall–Kier alpha value is -3.13. The molecule has 3 heterocycles. The van der Waals surface area contributed by atoms with Crippen LogP contribution < -0.4 is 5.32 Å². The summed E-state index contributed by atoms with van der Waals surface area (Å²) in [7, 11) is 0. The molecule has 0 radical (unpaired) electrons. The molecule has 124 valence electrons. The Kier molecular flexibility index (Phi) is 3.73. The molecule has 0 atom stereocenters. The standard InChI is InChI=1S/C17H12FN5OS/c1-10-8-19-17(25-10)22-16(24)13-5-6-20-23-9-14(21-15(13)23)11-3-2-4-12(18)7-11/h2-9H,1H3,(H,19,22,24). The van der Waals surface area contributed by atoms with Crippen LogP contribution >= 0.6 is 11.3 Å². The summed E-state index contributed by atoms with van der Waals surface area (Å²) in [6, 6.07) is 7.71. The molecule has 0 aliphatic carbocycles. The Balaban J connectivity index is 1.73. The minimum atomic E-state index is -0.348. The van der Waals surface area contributed by atoms with Gasteiger partial charge in [0.25, 0.3) is 5.91 Å². The zero-order valence-electron chi connectivity index (χ0n) is 13.1. The van der Waals surface area contributed by atoms with Crippen LogP contribution in [0.25, 0.3) is 16.9 Å². The predicted molar refractivity (Wildman–Crippen MR) is 93.2 cm³/mol. The molecule has 0 aliphatic rings. The Morgan fingerprint density at radius 1 is 1.32 bits per heavy atom. The van der Waals surface area contributed by atoms with Crippen LogP contribution in [-0.2, 0) is 0 Å². The number of fused-ring (bicyclic) bond motifs is 1. The number of thiazole rings is 1. The second-order valence-electron chi connectivity index (χ2n) is 5.38. The van der Waals surface area contributed by atoms with Gasteiger partial charge in [0.15, 0.2) is 10.8 Å². The van der Waals surface area contributed by atoms with Crippen molar-refractivity contribution in [1.82, 2.24) is 19.6 Å². The average Bonchev–Trinajstić information content (AvgIpc) is 3.20. The summed E-state index contributed by atoms with van der Waals surface area (Å²) in [4.78, 5) is 22.1. The lowest BCUT2D eigenvalue weighted by Gasteiger charge is -2.02. The lowest BCUT2D eigenvalue weighted by molar-refractivity contribution is 0.102. The lowest BCUT2D eigenvalue weighted by Crippen LogP contribution is -2.13. The maximum atomic E-state index is 13.4. The molecule has 1 aromatic carbocycles. The second kappa shape index (κ2) is 6.06. The van der Waals surface area contributed by atoms with E-state index in [-0.39, 0.29) is 11.7 Å². The Labute approximate surface area is 146 Å². The summed E-state index contributed by atoms with van der Waals surface area (Å²) < 4.78 is 14.9. The fourth-order valence-electron chi connectivity index (χ4n) is 2.44. The van der Waals surface area contributed by atoms with Crippen LogP contribution in [0.4, 0.5) is 9.52 Å². The van der Waals surface area contributed by atoms with Gasteiger partial charge in [-0.2, -0.15) is 5.10 Å². The molecule has 3 aromatic heterocycles. The van der Waals surface area contributed by atoms with E-state index in [0.29, 0.717) is 27.6 Å². The summed E-state index contributed by atoms with van der Waals surface area (Å²) in [5.74, 6) is -0.669. The number of carbonyl (C=O) groups excluding carboxylic acids is 1. The predicted octanol–water partition coefficient (Wildman–Crippen LogP) is 3.55. The molecule has 0 unspecified atom stereocenters. The van der Waals surface area contributed by atoms with E-state index in [4.69, 9.17) is 0 Å². The van der Waals surface area contributed by atoms with E-state index in [2.05, 4.69) is 20.4 Å². The van der Waals surface area contributed by atoms with E-state index in [1.54, 1.807) is 30.6 Å². The van der Waals surface area contributed by atoms with Crippen LogP contribution in [0.2, 0.25) is 0 Å². The van der Waals surface area contributed by atoms with Crippen molar-refractivity contribution in [2.45, 2.75) is 6.92 Å². The SMILES string of the molecule is Cc1cnc(NC(=O)c2ccnn3cc(-c4cccc(F)c4)nc23)s1. The maximum absolute atomic E-state index is 13.4. The monoisotopic (exact) mass is 353 g/mol. The fourth-order valence-corrected chi connectivity index (χ4v) is 3.10. The van der Waals surface area contributed by atoms with E-state index >= 15 is 0 Å². The highest BCUT2D eigenvalue weighted by atomic mass is 32.1. The summed E-state index contributed by atoms with van der Waals surface area (Å²) in [6.07, 6.45) is 4.88. The summed E-state index contributed by atoms with van der Waals surface area (Å²) >= 11 is 1.39. The highest BCUT2D eigenvalue weighted by molar-refractivity contribution is 7.15. The molecule has 0 aliphatic heterocycles. The number of halogens is 1. The van der Waals surface area contributed by atoms with Gasteiger partial charge in [-0.3, -0.25) is 10.1 Å². The van der Waals surface area contributed by atoms with Gasteiger partial charge in [0.2, 0.25) is 0 Å². The van der Waals surface area contributed by atoms with Gasteiger partial charge in [-0.15, -0.1) is 11.3 Å². The molecule has 0 saturated heterocycles. The van der Waals surface area contributed by atoms with E-state index < -0.39 is 0 Å². The smallest absolute Gasteiger partial charge is 0.261 e. The number of benzene rings is 1. The maximum Gasteiger partial charge on any atom is 0.261 e. The third kappa shape index (κ3) is 2.99. The molecule has 4 rings (SSSR count). The van der Waals surface area contributed by atoms with Crippen molar-refractivity contribution in [2.75, 3.05) is 5.32 Å². The van der Waals surface area contributed by atoms with Crippen molar-refractivity contribution in [2.24, 2.45) is 0 Å². The van der Waals surface area contributed by atoms with E-state index in [1.165, 1.54) is 34.2 Å². The zero-order valence-corrected chi connectivity index (χ0v) is 13.9. The van der Waals surface area contributed by atoms with Crippen LogP contribution in [0, 0.1) is 12.7 Å². The normalized spacial score (nSPS) is 11.0. The molecular formula is C17H12FN5OS. The first-order chi connectivity index (χ1) is 12.1. The summed E-state index contributed by atoms with van der Waals surface area (Å²) in [5, 5.41) is 7.45. The van der Waals surface area contributed by atoms with Gasteiger partial charge in [-0.1, -0.05) is 12.1 Å². The number of aromatic nitrogens is 4. The molecular weight excluding hydrogens is 341 g/mol. The molecule has 1 amide bonds. The Morgan fingerprint density at radius 3 is 2.96 bits per heavy atom. The third-order valence-corrected chi connectivity index (χ3v) is 4.40. The first-order valence-corrected chi connectivity index (χ1v) is 8.26. The Morgan fingerprint density at radius 2 is 2.20 bits per heavy atom. The summed E-state index contributed by atoms with van der Waals surface area (Å²) in [5.41, 5.74) is 1.92. The number of imidazole rings is 1. The number of rotatable bonds is 3. The van der Waals surface area contributed by atoms with Crippen LogP contribution in [0.1, 0.15) is 15.2 Å². The Bertz CT molecular complexity index is 1090. The van der Waals surface area contributed by atoms with Gasteiger partial charge in [-0.25, -0.2) is 18.9 Å². The van der Waals surface area contributed by atoms with E-state index in [9.17, 15) is 9.18 Å². The van der Waals surface area contributed by atoms with Crippen molar-refractivity contribution in [3.63, 3.8) is 0 Å². The van der Waals surface area contributed by atoms with Gasteiger partial charge < -0.3 is 0 Å². The number of hydrogen-bond donors (Lipinski definition) is 1. The molecule has 0 bridgehead atoms. The average molecular weight is 353 g/mol. The van der Waals surface area contributed by atoms with Crippen LogP contribution in [0.15, 0.2) is 48.9 Å².